The molecule has 2 saturated heterocycles. The number of amides is 1. The van der Waals surface area contributed by atoms with Gasteiger partial charge in [-0.3, -0.25) is 4.79 Å². The number of ether oxygens (including phenoxy) is 1. The predicted molar refractivity (Wildman–Crippen MR) is 69.2 cm³/mol. The lowest BCUT2D eigenvalue weighted by Crippen LogP contribution is -2.40. The van der Waals surface area contributed by atoms with Crippen molar-refractivity contribution >= 4 is 5.91 Å². The first-order valence-electron chi connectivity index (χ1n) is 7.24. The fraction of sp³-hybridized carbons (Fsp3) is 0.929. The second-order valence-corrected chi connectivity index (χ2v) is 5.63. The van der Waals surface area contributed by atoms with Gasteiger partial charge in [0.15, 0.2) is 0 Å². The fourth-order valence-electron chi connectivity index (χ4n) is 3.06. The number of hydrogen-bond donors (Lipinski definition) is 1. The molecule has 0 radical (unpaired) electrons. The van der Waals surface area contributed by atoms with Crippen LogP contribution in [-0.4, -0.2) is 47.8 Å². The van der Waals surface area contributed by atoms with Gasteiger partial charge >= 0.3 is 0 Å². The van der Waals surface area contributed by atoms with E-state index in [9.17, 15) is 9.90 Å². The molecule has 0 aromatic rings. The molecule has 4 nitrogen and oxygen atoms in total. The topological polar surface area (TPSA) is 49.8 Å². The summed E-state index contributed by atoms with van der Waals surface area (Å²) in [6.07, 6.45) is 6.15. The number of aliphatic hydroxyl groups excluding tert-OH is 1. The minimum absolute atomic E-state index is 0.0322. The molecule has 1 N–H and O–H groups in total. The maximum Gasteiger partial charge on any atom is 0.223 e. The molecule has 0 aliphatic carbocycles. The Morgan fingerprint density at radius 2 is 2.22 bits per heavy atom. The van der Waals surface area contributed by atoms with Gasteiger partial charge in [0.25, 0.3) is 0 Å². The van der Waals surface area contributed by atoms with Crippen LogP contribution < -0.4 is 0 Å². The molecule has 0 bridgehead atoms. The van der Waals surface area contributed by atoms with Gasteiger partial charge in [-0.15, -0.1) is 0 Å². The highest BCUT2D eigenvalue weighted by Gasteiger charge is 2.33. The van der Waals surface area contributed by atoms with Crippen LogP contribution in [-0.2, 0) is 9.53 Å². The summed E-state index contributed by atoms with van der Waals surface area (Å²) in [5.74, 6) is 0.609. The predicted octanol–water partition coefficient (Wildman–Crippen LogP) is 1.56. The molecule has 2 fully saturated rings. The van der Waals surface area contributed by atoms with E-state index in [1.807, 2.05) is 4.90 Å². The Hall–Kier alpha value is -0.610. The third-order valence-corrected chi connectivity index (χ3v) is 4.34. The van der Waals surface area contributed by atoms with E-state index < -0.39 is 0 Å². The molecule has 3 unspecified atom stereocenters. The molecule has 2 aliphatic heterocycles. The molecule has 18 heavy (non-hydrogen) atoms. The molecule has 104 valence electrons. The van der Waals surface area contributed by atoms with Gasteiger partial charge in [0.1, 0.15) is 0 Å². The largest absolute Gasteiger partial charge is 0.394 e. The van der Waals surface area contributed by atoms with Crippen LogP contribution in [0.25, 0.3) is 0 Å². The summed E-state index contributed by atoms with van der Waals surface area (Å²) in [5, 5.41) is 9.35. The van der Waals surface area contributed by atoms with E-state index in [0.717, 1.165) is 38.8 Å². The molecule has 0 saturated carbocycles. The summed E-state index contributed by atoms with van der Waals surface area (Å²) in [6.45, 7) is 3.85. The Morgan fingerprint density at radius 3 is 2.89 bits per heavy atom. The Labute approximate surface area is 109 Å². The Kier molecular flexibility index (Phi) is 5.01. The molecule has 2 heterocycles. The third-order valence-electron chi connectivity index (χ3n) is 4.34. The molecular formula is C14H25NO3. The van der Waals surface area contributed by atoms with Crippen molar-refractivity contribution in [3.63, 3.8) is 0 Å². The van der Waals surface area contributed by atoms with E-state index in [1.165, 1.54) is 6.42 Å². The maximum atomic E-state index is 12.2. The Bertz CT molecular complexity index is 276. The smallest absolute Gasteiger partial charge is 0.223 e. The lowest BCUT2D eigenvalue weighted by atomic mass is 10.0. The van der Waals surface area contributed by atoms with Crippen LogP contribution in [0.1, 0.15) is 45.4 Å². The van der Waals surface area contributed by atoms with Gasteiger partial charge in [-0.25, -0.2) is 0 Å². The zero-order chi connectivity index (χ0) is 13.0. The van der Waals surface area contributed by atoms with Crippen molar-refractivity contribution in [1.82, 2.24) is 4.90 Å². The lowest BCUT2D eigenvalue weighted by molar-refractivity contribution is -0.134. The summed E-state index contributed by atoms with van der Waals surface area (Å²) in [7, 11) is 0. The van der Waals surface area contributed by atoms with E-state index in [0.29, 0.717) is 12.3 Å². The average molecular weight is 255 g/mol. The quantitative estimate of drug-likeness (QED) is 0.829. The normalized spacial score (nSPS) is 32.8. The maximum absolute atomic E-state index is 12.2. The van der Waals surface area contributed by atoms with Crippen LogP contribution in [0.2, 0.25) is 0 Å². The average Bonchev–Trinajstić information content (AvgIpc) is 2.78. The summed E-state index contributed by atoms with van der Waals surface area (Å²) < 4.78 is 5.65. The van der Waals surface area contributed by atoms with E-state index in [2.05, 4.69) is 6.92 Å². The number of carbonyl (C=O) groups excluding carboxylic acids is 1. The van der Waals surface area contributed by atoms with Crippen molar-refractivity contribution in [2.24, 2.45) is 5.92 Å². The van der Waals surface area contributed by atoms with Gasteiger partial charge < -0.3 is 14.7 Å². The molecule has 2 aliphatic rings. The van der Waals surface area contributed by atoms with Gasteiger partial charge in [-0.05, 0) is 38.0 Å². The number of likely N-dealkylation sites (tertiary alicyclic amines) is 1. The van der Waals surface area contributed by atoms with Crippen molar-refractivity contribution < 1.29 is 14.6 Å². The third kappa shape index (κ3) is 3.23. The highest BCUT2D eigenvalue weighted by Crippen LogP contribution is 2.25. The highest BCUT2D eigenvalue weighted by molar-refractivity contribution is 5.76. The molecule has 2 rings (SSSR count). The van der Waals surface area contributed by atoms with Crippen LogP contribution in [0, 0.1) is 5.92 Å². The highest BCUT2D eigenvalue weighted by atomic mass is 16.5. The van der Waals surface area contributed by atoms with Crippen molar-refractivity contribution in [3.05, 3.63) is 0 Å². The summed E-state index contributed by atoms with van der Waals surface area (Å²) in [4.78, 5) is 14.0. The first-order chi connectivity index (χ1) is 8.72. The van der Waals surface area contributed by atoms with Crippen molar-refractivity contribution in [3.8, 4) is 0 Å². The van der Waals surface area contributed by atoms with Gasteiger partial charge in [-0.2, -0.15) is 0 Å². The van der Waals surface area contributed by atoms with Crippen molar-refractivity contribution in [2.75, 3.05) is 19.8 Å². The number of aliphatic hydroxyl groups is 1. The standard InChI is InChI=1S/C14H25NO3/c1-11-7-8-15(13(11)10-16)14(17)6-5-12-4-2-3-9-18-12/h11-13,16H,2-10H2,1H3. The van der Waals surface area contributed by atoms with Crippen molar-refractivity contribution in [2.45, 2.75) is 57.6 Å². The molecule has 0 spiro atoms. The van der Waals surface area contributed by atoms with E-state index >= 15 is 0 Å². The summed E-state index contributed by atoms with van der Waals surface area (Å²) in [6, 6.07) is 0.0322. The number of rotatable bonds is 4. The number of carbonyl (C=O) groups is 1. The first-order valence-corrected chi connectivity index (χ1v) is 7.24. The monoisotopic (exact) mass is 255 g/mol. The molecule has 0 aromatic heterocycles. The second kappa shape index (κ2) is 6.53. The number of nitrogens with zero attached hydrogens (tertiary/aromatic N) is 1. The van der Waals surface area contributed by atoms with Crippen LogP contribution >= 0.6 is 0 Å². The van der Waals surface area contributed by atoms with Crippen LogP contribution in [0.15, 0.2) is 0 Å². The Balaban J connectivity index is 1.77. The zero-order valence-electron chi connectivity index (χ0n) is 11.3. The van der Waals surface area contributed by atoms with E-state index in [4.69, 9.17) is 4.74 Å². The number of hydrogen-bond acceptors (Lipinski definition) is 3. The zero-order valence-corrected chi connectivity index (χ0v) is 11.3. The van der Waals surface area contributed by atoms with Crippen LogP contribution in [0.3, 0.4) is 0 Å². The molecule has 0 aromatic carbocycles. The van der Waals surface area contributed by atoms with E-state index in [-0.39, 0.29) is 24.7 Å². The second-order valence-electron chi connectivity index (χ2n) is 5.63. The van der Waals surface area contributed by atoms with Crippen LogP contribution in [0.4, 0.5) is 0 Å². The fourth-order valence-corrected chi connectivity index (χ4v) is 3.06. The molecule has 1 amide bonds. The first kappa shape index (κ1) is 13.8. The van der Waals surface area contributed by atoms with E-state index in [1.54, 1.807) is 0 Å². The van der Waals surface area contributed by atoms with Gasteiger partial charge in [0.2, 0.25) is 5.91 Å². The minimum Gasteiger partial charge on any atom is -0.394 e. The molecule has 4 heteroatoms. The lowest BCUT2D eigenvalue weighted by Gasteiger charge is -2.27. The van der Waals surface area contributed by atoms with Gasteiger partial charge in [-0.1, -0.05) is 6.92 Å². The summed E-state index contributed by atoms with van der Waals surface area (Å²) in [5.41, 5.74) is 0. The SMILES string of the molecule is CC1CCN(C(=O)CCC2CCCCO2)C1CO. The Morgan fingerprint density at radius 1 is 1.39 bits per heavy atom. The summed E-state index contributed by atoms with van der Waals surface area (Å²) >= 11 is 0. The van der Waals surface area contributed by atoms with Gasteiger partial charge in [0.05, 0.1) is 18.8 Å². The minimum atomic E-state index is 0.0322. The van der Waals surface area contributed by atoms with Crippen LogP contribution in [0.5, 0.6) is 0 Å². The van der Waals surface area contributed by atoms with Gasteiger partial charge in [0, 0.05) is 19.6 Å². The molecular weight excluding hydrogens is 230 g/mol. The van der Waals surface area contributed by atoms with Crippen molar-refractivity contribution in [1.29, 1.82) is 0 Å². The molecule has 3 atom stereocenters.